The maximum Gasteiger partial charge on any atom is 0.189 e. The lowest BCUT2D eigenvalue weighted by atomic mass is 10.1. The molecule has 0 radical (unpaired) electrons. The maximum absolute atomic E-state index is 6.23. The zero-order valence-electron chi connectivity index (χ0n) is 14.0. The summed E-state index contributed by atoms with van der Waals surface area (Å²) in [5.41, 5.74) is 8.93. The highest BCUT2D eigenvalue weighted by molar-refractivity contribution is 7.22. The molecule has 0 aliphatic carbocycles. The first kappa shape index (κ1) is 16.3. The van der Waals surface area contributed by atoms with E-state index in [0.29, 0.717) is 17.3 Å². The van der Waals surface area contributed by atoms with Crippen LogP contribution >= 0.6 is 11.3 Å². The molecule has 2 heterocycles. The van der Waals surface area contributed by atoms with Gasteiger partial charge in [-0.1, -0.05) is 53.8 Å². The van der Waals surface area contributed by atoms with E-state index in [9.17, 15) is 0 Å². The molecule has 0 spiro atoms. The lowest BCUT2D eigenvalue weighted by Gasteiger charge is -2.11. The van der Waals surface area contributed by atoms with Crippen molar-refractivity contribution in [2.75, 3.05) is 22.9 Å². The Labute approximate surface area is 155 Å². The van der Waals surface area contributed by atoms with Crippen molar-refractivity contribution < 1.29 is 0 Å². The Morgan fingerprint density at radius 3 is 2.54 bits per heavy atom. The van der Waals surface area contributed by atoms with Crippen molar-refractivity contribution in [3.05, 3.63) is 66.5 Å². The van der Waals surface area contributed by atoms with Gasteiger partial charge >= 0.3 is 0 Å². The summed E-state index contributed by atoms with van der Waals surface area (Å²) < 4.78 is 1.11. The Morgan fingerprint density at radius 2 is 1.69 bits per heavy atom. The van der Waals surface area contributed by atoms with E-state index >= 15 is 0 Å². The summed E-state index contributed by atoms with van der Waals surface area (Å²) in [4.78, 5) is 13.1. The Morgan fingerprint density at radius 1 is 0.923 bits per heavy atom. The summed E-state index contributed by atoms with van der Waals surface area (Å²) in [6.07, 6.45) is 2.39. The Balaban J connectivity index is 1.46. The second-order valence-electron chi connectivity index (χ2n) is 5.76. The molecule has 2 aromatic heterocycles. The highest BCUT2D eigenvalue weighted by Crippen LogP contribution is 2.30. The molecule has 0 atom stereocenters. The molecule has 0 saturated heterocycles. The van der Waals surface area contributed by atoms with Crippen LogP contribution in [0.1, 0.15) is 5.56 Å². The minimum absolute atomic E-state index is 0.486. The van der Waals surface area contributed by atoms with E-state index in [1.807, 2.05) is 42.5 Å². The molecule has 4 rings (SSSR count). The molecule has 0 aliphatic heterocycles. The van der Waals surface area contributed by atoms with E-state index in [1.54, 1.807) is 11.3 Å². The molecule has 0 unspecified atom stereocenters. The molecule has 2 aromatic carbocycles. The van der Waals surface area contributed by atoms with Gasteiger partial charge in [-0.3, -0.25) is 0 Å². The standard InChI is InChI=1S/C19H18N6S/c20-16-17(21-11-10-13-6-2-1-3-7-13)22-12-23-18(16)25-19-24-14-8-4-5-9-15(14)26-19/h1-9,12H,10-11,20H2,(H2,21,22,23,24,25). The quantitative estimate of drug-likeness (QED) is 0.479. The van der Waals surface area contributed by atoms with Gasteiger partial charge in [0.15, 0.2) is 16.8 Å². The van der Waals surface area contributed by atoms with Crippen LogP contribution in [0.25, 0.3) is 10.2 Å². The van der Waals surface area contributed by atoms with Gasteiger partial charge in [0, 0.05) is 6.54 Å². The summed E-state index contributed by atoms with van der Waals surface area (Å²) in [5, 5.41) is 7.24. The third kappa shape index (κ3) is 3.57. The maximum atomic E-state index is 6.23. The number of benzene rings is 2. The number of aromatic nitrogens is 3. The molecule has 0 bridgehead atoms. The summed E-state index contributed by atoms with van der Waals surface area (Å²) in [5.74, 6) is 1.18. The van der Waals surface area contributed by atoms with Crippen LogP contribution in [-0.4, -0.2) is 21.5 Å². The SMILES string of the molecule is Nc1c(NCCc2ccccc2)ncnc1Nc1nc2ccccc2s1. The van der Waals surface area contributed by atoms with Gasteiger partial charge in [0.1, 0.15) is 12.0 Å². The largest absolute Gasteiger partial charge is 0.393 e. The van der Waals surface area contributed by atoms with Crippen molar-refractivity contribution in [1.29, 1.82) is 0 Å². The number of nitrogens with one attached hydrogen (secondary N) is 2. The molecular formula is C19H18N6S. The fourth-order valence-electron chi connectivity index (χ4n) is 2.63. The number of anilines is 4. The van der Waals surface area contributed by atoms with Gasteiger partial charge in [0.2, 0.25) is 0 Å². The van der Waals surface area contributed by atoms with E-state index < -0.39 is 0 Å². The predicted molar refractivity (Wildman–Crippen MR) is 108 cm³/mol. The third-order valence-corrected chi connectivity index (χ3v) is 4.90. The highest BCUT2D eigenvalue weighted by atomic mass is 32.1. The van der Waals surface area contributed by atoms with Gasteiger partial charge in [0.25, 0.3) is 0 Å². The number of nitrogens with two attached hydrogens (primary N) is 1. The van der Waals surface area contributed by atoms with Crippen LogP contribution < -0.4 is 16.4 Å². The fourth-order valence-corrected chi connectivity index (χ4v) is 3.50. The summed E-state index contributed by atoms with van der Waals surface area (Å²) in [6.45, 7) is 0.742. The number of hydrogen-bond acceptors (Lipinski definition) is 7. The van der Waals surface area contributed by atoms with Crippen molar-refractivity contribution >= 4 is 44.0 Å². The Kier molecular flexibility index (Phi) is 4.61. The lowest BCUT2D eigenvalue weighted by Crippen LogP contribution is -2.10. The molecule has 6 nitrogen and oxygen atoms in total. The van der Waals surface area contributed by atoms with Gasteiger partial charge in [0.05, 0.1) is 10.2 Å². The molecule has 0 amide bonds. The van der Waals surface area contributed by atoms with E-state index in [-0.39, 0.29) is 0 Å². The van der Waals surface area contributed by atoms with Crippen LogP contribution in [0.4, 0.5) is 22.5 Å². The van der Waals surface area contributed by atoms with E-state index in [4.69, 9.17) is 5.73 Å². The molecule has 4 aromatic rings. The van der Waals surface area contributed by atoms with E-state index in [2.05, 4.69) is 37.7 Å². The smallest absolute Gasteiger partial charge is 0.189 e. The first-order valence-corrected chi connectivity index (χ1v) is 9.12. The van der Waals surface area contributed by atoms with Gasteiger partial charge in [-0.05, 0) is 24.1 Å². The monoisotopic (exact) mass is 362 g/mol. The van der Waals surface area contributed by atoms with Crippen LogP contribution in [0.3, 0.4) is 0 Å². The number of rotatable bonds is 6. The zero-order valence-corrected chi connectivity index (χ0v) is 14.8. The Hall–Kier alpha value is -3.19. The van der Waals surface area contributed by atoms with E-state index in [0.717, 1.165) is 28.3 Å². The highest BCUT2D eigenvalue weighted by Gasteiger charge is 2.10. The normalized spacial score (nSPS) is 10.8. The topological polar surface area (TPSA) is 88.8 Å². The summed E-state index contributed by atoms with van der Waals surface area (Å²) >= 11 is 1.56. The third-order valence-electron chi connectivity index (χ3n) is 3.95. The van der Waals surface area contributed by atoms with E-state index in [1.165, 1.54) is 11.9 Å². The molecule has 4 N–H and O–H groups in total. The van der Waals surface area contributed by atoms with Gasteiger partial charge in [-0.25, -0.2) is 15.0 Å². The Bertz CT molecular complexity index is 982. The molecule has 0 aliphatic rings. The average molecular weight is 362 g/mol. The molecule has 130 valence electrons. The van der Waals surface area contributed by atoms with Crippen LogP contribution in [0.5, 0.6) is 0 Å². The molecular weight excluding hydrogens is 344 g/mol. The first-order chi connectivity index (χ1) is 12.8. The zero-order chi connectivity index (χ0) is 17.8. The molecule has 0 fully saturated rings. The average Bonchev–Trinajstić information content (AvgIpc) is 3.08. The van der Waals surface area contributed by atoms with Crippen molar-refractivity contribution in [2.45, 2.75) is 6.42 Å². The number of para-hydroxylation sites is 1. The molecule has 7 heteroatoms. The van der Waals surface area contributed by atoms with Crippen LogP contribution in [-0.2, 0) is 6.42 Å². The first-order valence-electron chi connectivity index (χ1n) is 8.30. The van der Waals surface area contributed by atoms with Gasteiger partial charge in [-0.15, -0.1) is 0 Å². The minimum atomic E-state index is 0.486. The molecule has 26 heavy (non-hydrogen) atoms. The second kappa shape index (κ2) is 7.37. The second-order valence-corrected chi connectivity index (χ2v) is 6.79. The minimum Gasteiger partial charge on any atom is -0.393 e. The molecule has 0 saturated carbocycles. The summed E-state index contributed by atoms with van der Waals surface area (Å²) in [7, 11) is 0. The number of hydrogen-bond donors (Lipinski definition) is 3. The summed E-state index contributed by atoms with van der Waals surface area (Å²) in [6, 6.07) is 18.3. The van der Waals surface area contributed by atoms with Crippen LogP contribution in [0.2, 0.25) is 0 Å². The number of fused-ring (bicyclic) bond motifs is 1. The number of nitrogen functional groups attached to an aromatic ring is 1. The van der Waals surface area contributed by atoms with Gasteiger partial charge in [-0.2, -0.15) is 0 Å². The number of thiazole rings is 1. The van der Waals surface area contributed by atoms with Crippen molar-refractivity contribution in [1.82, 2.24) is 15.0 Å². The number of nitrogens with zero attached hydrogens (tertiary/aromatic N) is 3. The van der Waals surface area contributed by atoms with Crippen LogP contribution in [0.15, 0.2) is 60.9 Å². The van der Waals surface area contributed by atoms with Crippen LogP contribution in [0, 0.1) is 0 Å². The van der Waals surface area contributed by atoms with Crippen molar-refractivity contribution in [3.63, 3.8) is 0 Å². The van der Waals surface area contributed by atoms with Gasteiger partial charge < -0.3 is 16.4 Å². The van der Waals surface area contributed by atoms with Crippen molar-refractivity contribution in [2.24, 2.45) is 0 Å². The lowest BCUT2D eigenvalue weighted by molar-refractivity contribution is 1.00. The predicted octanol–water partition coefficient (Wildman–Crippen LogP) is 4.07. The van der Waals surface area contributed by atoms with Crippen molar-refractivity contribution in [3.8, 4) is 0 Å². The fraction of sp³-hybridized carbons (Fsp3) is 0.105.